The topological polar surface area (TPSA) is 71.7 Å². The van der Waals surface area contributed by atoms with E-state index in [1.807, 2.05) is 0 Å². The van der Waals surface area contributed by atoms with Gasteiger partial charge in [-0.05, 0) is 35.3 Å². The fraction of sp³-hybridized carbons (Fsp3) is 0. The number of hydrogen-bond acceptors (Lipinski definition) is 5. The van der Waals surface area contributed by atoms with Crippen molar-refractivity contribution in [1.82, 2.24) is 15.0 Å². The Morgan fingerprint density at radius 3 is 2.44 bits per heavy atom. The molecule has 5 nitrogen and oxygen atoms in total. The Kier molecular flexibility index (Phi) is 3.55. The van der Waals surface area contributed by atoms with Gasteiger partial charge in [0.2, 0.25) is 10.6 Å². The molecule has 0 unspecified atom stereocenters. The van der Waals surface area contributed by atoms with E-state index in [1.165, 1.54) is 12.1 Å². The molecule has 1 heterocycles. The first kappa shape index (κ1) is 12.5. The van der Waals surface area contributed by atoms with Crippen molar-refractivity contribution in [2.45, 2.75) is 0 Å². The standard InChI is InChI=1S/C10H3Cl2FN4O/c11-8-15-9(12)17-10(16-8)18-7-3-1-2-6(13)5(7)4-14/h1-3H. The van der Waals surface area contributed by atoms with Gasteiger partial charge in [-0.15, -0.1) is 0 Å². The lowest BCUT2D eigenvalue weighted by molar-refractivity contribution is 0.434. The van der Waals surface area contributed by atoms with E-state index in [0.29, 0.717) is 0 Å². The van der Waals surface area contributed by atoms with Gasteiger partial charge in [0.15, 0.2) is 5.75 Å². The second kappa shape index (κ2) is 5.12. The molecule has 18 heavy (non-hydrogen) atoms. The van der Waals surface area contributed by atoms with Gasteiger partial charge >= 0.3 is 6.01 Å². The summed E-state index contributed by atoms with van der Waals surface area (Å²) in [6.45, 7) is 0. The number of nitrogens with zero attached hydrogens (tertiary/aromatic N) is 4. The average molecular weight is 285 g/mol. The van der Waals surface area contributed by atoms with Gasteiger partial charge in [-0.1, -0.05) is 6.07 Å². The van der Waals surface area contributed by atoms with Crippen LogP contribution in [0, 0.1) is 17.1 Å². The molecule has 0 amide bonds. The van der Waals surface area contributed by atoms with E-state index < -0.39 is 5.82 Å². The normalized spacial score (nSPS) is 9.89. The summed E-state index contributed by atoms with van der Waals surface area (Å²) in [4.78, 5) is 10.8. The maximum absolute atomic E-state index is 13.3. The molecular formula is C10H3Cl2FN4O. The lowest BCUT2D eigenvalue weighted by Gasteiger charge is -2.05. The number of hydrogen-bond donors (Lipinski definition) is 0. The van der Waals surface area contributed by atoms with Crippen molar-refractivity contribution in [2.75, 3.05) is 0 Å². The van der Waals surface area contributed by atoms with Crippen LogP contribution in [0.4, 0.5) is 4.39 Å². The molecule has 0 fully saturated rings. The Hall–Kier alpha value is -1.97. The highest BCUT2D eigenvalue weighted by Gasteiger charge is 2.12. The summed E-state index contributed by atoms with van der Waals surface area (Å²) in [5.74, 6) is -0.739. The van der Waals surface area contributed by atoms with Crippen molar-refractivity contribution >= 4 is 23.2 Å². The zero-order valence-corrected chi connectivity index (χ0v) is 10.1. The fourth-order valence-electron chi connectivity index (χ4n) is 1.15. The van der Waals surface area contributed by atoms with E-state index in [0.717, 1.165) is 6.07 Å². The van der Waals surface area contributed by atoms with E-state index in [2.05, 4.69) is 15.0 Å². The van der Waals surface area contributed by atoms with Crippen LogP contribution >= 0.6 is 23.2 Å². The van der Waals surface area contributed by atoms with Crippen molar-refractivity contribution in [3.8, 4) is 17.8 Å². The molecule has 0 aliphatic carbocycles. The van der Waals surface area contributed by atoms with Crippen molar-refractivity contribution < 1.29 is 9.13 Å². The predicted octanol–water partition coefficient (Wildman–Crippen LogP) is 2.98. The Balaban J connectivity index is 2.40. The van der Waals surface area contributed by atoms with Gasteiger partial charge in [-0.25, -0.2) is 4.39 Å². The molecule has 0 atom stereocenters. The van der Waals surface area contributed by atoms with Gasteiger partial charge < -0.3 is 4.74 Å². The maximum Gasteiger partial charge on any atom is 0.327 e. The predicted molar refractivity (Wildman–Crippen MR) is 61.0 cm³/mol. The Morgan fingerprint density at radius 1 is 1.17 bits per heavy atom. The van der Waals surface area contributed by atoms with Gasteiger partial charge in [0.05, 0.1) is 0 Å². The third kappa shape index (κ3) is 2.64. The Bertz CT molecular complexity index is 624. The summed E-state index contributed by atoms with van der Waals surface area (Å²) in [7, 11) is 0. The Morgan fingerprint density at radius 2 is 1.83 bits per heavy atom. The quantitative estimate of drug-likeness (QED) is 0.848. The van der Waals surface area contributed by atoms with Crippen LogP contribution in [-0.4, -0.2) is 15.0 Å². The van der Waals surface area contributed by atoms with E-state index in [-0.39, 0.29) is 27.9 Å². The second-order valence-electron chi connectivity index (χ2n) is 2.98. The van der Waals surface area contributed by atoms with E-state index >= 15 is 0 Å². The summed E-state index contributed by atoms with van der Waals surface area (Å²) in [6.07, 6.45) is 0. The third-order valence-electron chi connectivity index (χ3n) is 1.85. The van der Waals surface area contributed by atoms with Crippen LogP contribution in [0.5, 0.6) is 11.8 Å². The molecule has 0 radical (unpaired) electrons. The van der Waals surface area contributed by atoms with Crippen molar-refractivity contribution in [2.24, 2.45) is 0 Å². The minimum absolute atomic E-state index is 0.0316. The molecule has 1 aromatic carbocycles. The zero-order valence-electron chi connectivity index (χ0n) is 8.56. The lowest BCUT2D eigenvalue weighted by atomic mass is 10.2. The molecule has 2 rings (SSSR count). The van der Waals surface area contributed by atoms with Gasteiger partial charge in [-0.3, -0.25) is 0 Å². The highest BCUT2D eigenvalue weighted by atomic mass is 35.5. The number of benzene rings is 1. The van der Waals surface area contributed by atoms with Crippen LogP contribution in [0.25, 0.3) is 0 Å². The van der Waals surface area contributed by atoms with Gasteiger partial charge in [0.1, 0.15) is 17.4 Å². The maximum atomic E-state index is 13.3. The zero-order chi connectivity index (χ0) is 13.1. The molecule has 1 aromatic heterocycles. The largest absolute Gasteiger partial charge is 0.423 e. The third-order valence-corrected chi connectivity index (χ3v) is 2.19. The van der Waals surface area contributed by atoms with E-state index in [1.54, 1.807) is 6.07 Å². The number of halogens is 3. The van der Waals surface area contributed by atoms with Crippen LogP contribution in [0.1, 0.15) is 5.56 Å². The first-order valence-electron chi connectivity index (χ1n) is 4.53. The molecule has 0 saturated carbocycles. The number of nitriles is 1. The second-order valence-corrected chi connectivity index (χ2v) is 3.66. The van der Waals surface area contributed by atoms with Crippen LogP contribution in [-0.2, 0) is 0 Å². The van der Waals surface area contributed by atoms with E-state index in [9.17, 15) is 4.39 Å². The molecule has 2 aromatic rings. The van der Waals surface area contributed by atoms with Crippen LogP contribution in [0.2, 0.25) is 10.6 Å². The molecular weight excluding hydrogens is 282 g/mol. The number of rotatable bonds is 2. The highest BCUT2D eigenvalue weighted by Crippen LogP contribution is 2.25. The summed E-state index contributed by atoms with van der Waals surface area (Å²) in [5, 5.41) is 8.48. The lowest BCUT2D eigenvalue weighted by Crippen LogP contribution is -1.97. The first-order valence-corrected chi connectivity index (χ1v) is 5.29. The summed E-state index contributed by atoms with van der Waals surface area (Å²) in [6, 6.07) is 5.37. The van der Waals surface area contributed by atoms with Crippen molar-refractivity contribution in [1.29, 1.82) is 5.26 Å². The monoisotopic (exact) mass is 284 g/mol. The SMILES string of the molecule is N#Cc1c(F)cccc1Oc1nc(Cl)nc(Cl)n1. The van der Waals surface area contributed by atoms with Gasteiger partial charge in [0.25, 0.3) is 0 Å². The average Bonchev–Trinajstić information content (AvgIpc) is 2.27. The molecule has 0 N–H and O–H groups in total. The minimum Gasteiger partial charge on any atom is -0.423 e. The Labute approximate surface area is 111 Å². The number of ether oxygens (including phenoxy) is 1. The molecule has 0 saturated heterocycles. The minimum atomic E-state index is -0.707. The van der Waals surface area contributed by atoms with Gasteiger partial charge in [0, 0.05) is 0 Å². The van der Waals surface area contributed by atoms with Crippen molar-refractivity contribution in [3.05, 3.63) is 40.1 Å². The molecule has 0 aliphatic rings. The summed E-state index contributed by atoms with van der Waals surface area (Å²) >= 11 is 11.1. The first-order chi connectivity index (χ1) is 8.60. The van der Waals surface area contributed by atoms with E-state index in [4.69, 9.17) is 33.2 Å². The van der Waals surface area contributed by atoms with Crippen LogP contribution in [0.3, 0.4) is 0 Å². The summed E-state index contributed by atoms with van der Waals surface area (Å²) < 4.78 is 18.5. The van der Waals surface area contributed by atoms with Crippen LogP contribution in [0.15, 0.2) is 18.2 Å². The molecule has 8 heteroatoms. The summed E-state index contributed by atoms with van der Waals surface area (Å²) in [5.41, 5.74) is -0.259. The van der Waals surface area contributed by atoms with Gasteiger partial charge in [-0.2, -0.15) is 20.2 Å². The van der Waals surface area contributed by atoms with Crippen LogP contribution < -0.4 is 4.74 Å². The highest BCUT2D eigenvalue weighted by molar-refractivity contribution is 6.31. The molecule has 0 spiro atoms. The van der Waals surface area contributed by atoms with Crippen molar-refractivity contribution in [3.63, 3.8) is 0 Å². The smallest absolute Gasteiger partial charge is 0.327 e. The molecule has 0 bridgehead atoms. The molecule has 0 aliphatic heterocycles. The fourth-order valence-corrected chi connectivity index (χ4v) is 1.50. The molecule has 90 valence electrons. The number of aromatic nitrogens is 3.